The predicted molar refractivity (Wildman–Crippen MR) is 73.0 cm³/mol. The smallest absolute Gasteiger partial charge is 0.139 e. The third-order valence-electron chi connectivity index (χ3n) is 3.14. The van der Waals surface area contributed by atoms with E-state index in [0.29, 0.717) is 0 Å². The van der Waals surface area contributed by atoms with Crippen molar-refractivity contribution in [1.29, 1.82) is 0 Å². The van der Waals surface area contributed by atoms with Gasteiger partial charge in [-0.2, -0.15) is 0 Å². The molecule has 1 aromatic carbocycles. The molecular formula is C13H15N3S. The van der Waals surface area contributed by atoms with Gasteiger partial charge in [-0.05, 0) is 12.1 Å². The van der Waals surface area contributed by atoms with Crippen molar-refractivity contribution in [2.45, 2.75) is 0 Å². The fraction of sp³-hybridized carbons (Fsp3) is 0.308. The summed E-state index contributed by atoms with van der Waals surface area (Å²) in [6.45, 7) is 4.25. The molecule has 0 unspecified atom stereocenters. The van der Waals surface area contributed by atoms with Gasteiger partial charge in [0.15, 0.2) is 0 Å². The van der Waals surface area contributed by atoms with Crippen molar-refractivity contribution in [3.63, 3.8) is 0 Å². The molecule has 0 bridgehead atoms. The number of aromatic nitrogens is 1. The van der Waals surface area contributed by atoms with Gasteiger partial charge in [-0.25, -0.2) is 4.98 Å². The number of benzene rings is 1. The lowest BCUT2D eigenvalue weighted by molar-refractivity contribution is 0.649. The van der Waals surface area contributed by atoms with Crippen LogP contribution in [0.25, 0.3) is 0 Å². The molecule has 1 saturated heterocycles. The van der Waals surface area contributed by atoms with Crippen molar-refractivity contribution in [2.24, 2.45) is 0 Å². The van der Waals surface area contributed by atoms with E-state index in [1.807, 2.05) is 5.51 Å². The standard InChI is InChI=1S/C13H15N3S/c1-2-4-12(5-3-1)15-6-8-16(9-7-15)13-10-17-11-14-13/h1-5,10-11H,6-9H2. The number of para-hydroxylation sites is 1. The van der Waals surface area contributed by atoms with Gasteiger partial charge in [0.05, 0.1) is 5.51 Å². The van der Waals surface area contributed by atoms with Crippen LogP contribution in [-0.2, 0) is 0 Å². The van der Waals surface area contributed by atoms with Crippen molar-refractivity contribution in [1.82, 2.24) is 4.98 Å². The first kappa shape index (κ1) is 10.6. The molecule has 3 rings (SSSR count). The third-order valence-corrected chi connectivity index (χ3v) is 3.72. The van der Waals surface area contributed by atoms with E-state index in [4.69, 9.17) is 0 Å². The van der Waals surface area contributed by atoms with Gasteiger partial charge in [0.25, 0.3) is 0 Å². The Labute approximate surface area is 105 Å². The minimum absolute atomic E-state index is 1.05. The van der Waals surface area contributed by atoms with Crippen molar-refractivity contribution < 1.29 is 0 Å². The van der Waals surface area contributed by atoms with Crippen LogP contribution in [0.2, 0.25) is 0 Å². The minimum Gasteiger partial charge on any atom is -0.368 e. The summed E-state index contributed by atoms with van der Waals surface area (Å²) in [5, 5.41) is 2.12. The van der Waals surface area contributed by atoms with E-state index in [9.17, 15) is 0 Å². The maximum atomic E-state index is 4.36. The Morgan fingerprint density at radius 2 is 1.65 bits per heavy atom. The summed E-state index contributed by atoms with van der Waals surface area (Å²) in [6.07, 6.45) is 0. The second-order valence-corrected chi connectivity index (χ2v) is 4.87. The lowest BCUT2D eigenvalue weighted by atomic mass is 10.2. The fourth-order valence-electron chi connectivity index (χ4n) is 2.19. The van der Waals surface area contributed by atoms with Gasteiger partial charge >= 0.3 is 0 Å². The highest BCUT2D eigenvalue weighted by Crippen LogP contribution is 2.19. The normalized spacial score (nSPS) is 16.2. The number of anilines is 2. The molecule has 1 aliphatic rings. The molecule has 0 aliphatic carbocycles. The minimum atomic E-state index is 1.05. The lowest BCUT2D eigenvalue weighted by Crippen LogP contribution is -2.46. The summed E-state index contributed by atoms with van der Waals surface area (Å²) in [6, 6.07) is 10.6. The molecule has 0 saturated carbocycles. The Morgan fingerprint density at radius 3 is 2.29 bits per heavy atom. The first-order valence-corrected chi connectivity index (χ1v) is 6.81. The second-order valence-electron chi connectivity index (χ2n) is 4.16. The molecule has 17 heavy (non-hydrogen) atoms. The van der Waals surface area contributed by atoms with Gasteiger partial charge < -0.3 is 9.80 Å². The summed E-state index contributed by atoms with van der Waals surface area (Å²) < 4.78 is 0. The fourth-order valence-corrected chi connectivity index (χ4v) is 2.76. The van der Waals surface area contributed by atoms with Crippen LogP contribution in [0.1, 0.15) is 0 Å². The molecule has 1 aliphatic heterocycles. The van der Waals surface area contributed by atoms with E-state index in [1.54, 1.807) is 11.3 Å². The molecule has 88 valence electrons. The van der Waals surface area contributed by atoms with Crippen LogP contribution in [0, 0.1) is 0 Å². The van der Waals surface area contributed by atoms with Crippen molar-refractivity contribution in [2.75, 3.05) is 36.0 Å². The number of thiazole rings is 1. The van der Waals surface area contributed by atoms with Gasteiger partial charge in [0.2, 0.25) is 0 Å². The monoisotopic (exact) mass is 245 g/mol. The zero-order valence-electron chi connectivity index (χ0n) is 9.62. The Kier molecular flexibility index (Phi) is 2.96. The summed E-state index contributed by atoms with van der Waals surface area (Å²) in [5.74, 6) is 1.13. The van der Waals surface area contributed by atoms with E-state index >= 15 is 0 Å². The molecule has 0 N–H and O–H groups in total. The average molecular weight is 245 g/mol. The van der Waals surface area contributed by atoms with E-state index < -0.39 is 0 Å². The predicted octanol–water partition coefficient (Wildman–Crippen LogP) is 2.47. The molecule has 0 spiro atoms. The maximum absolute atomic E-state index is 4.36. The first-order chi connectivity index (χ1) is 8.43. The number of hydrogen-bond donors (Lipinski definition) is 0. The zero-order chi connectivity index (χ0) is 11.5. The van der Waals surface area contributed by atoms with Crippen LogP contribution in [0.5, 0.6) is 0 Å². The van der Waals surface area contributed by atoms with Crippen molar-refractivity contribution in [3.8, 4) is 0 Å². The third kappa shape index (κ3) is 2.26. The van der Waals surface area contributed by atoms with Crippen LogP contribution in [-0.4, -0.2) is 31.2 Å². The largest absolute Gasteiger partial charge is 0.368 e. The summed E-state index contributed by atoms with van der Waals surface area (Å²) in [4.78, 5) is 9.15. The van der Waals surface area contributed by atoms with Gasteiger partial charge in [-0.3, -0.25) is 0 Å². The lowest BCUT2D eigenvalue weighted by Gasteiger charge is -2.36. The molecular weight excluding hydrogens is 230 g/mol. The van der Waals surface area contributed by atoms with E-state index in [0.717, 1.165) is 32.0 Å². The van der Waals surface area contributed by atoms with E-state index in [-0.39, 0.29) is 0 Å². The van der Waals surface area contributed by atoms with Gasteiger partial charge in [0.1, 0.15) is 5.82 Å². The van der Waals surface area contributed by atoms with E-state index in [1.165, 1.54) is 5.69 Å². The Morgan fingerprint density at radius 1 is 0.941 bits per heavy atom. The van der Waals surface area contributed by atoms with Crippen molar-refractivity contribution >= 4 is 22.8 Å². The topological polar surface area (TPSA) is 19.4 Å². The molecule has 0 amide bonds. The van der Waals surface area contributed by atoms with Crippen LogP contribution in [0.15, 0.2) is 41.2 Å². The van der Waals surface area contributed by atoms with Crippen LogP contribution < -0.4 is 9.80 Å². The van der Waals surface area contributed by atoms with Gasteiger partial charge in [-0.15, -0.1) is 11.3 Å². The highest BCUT2D eigenvalue weighted by molar-refractivity contribution is 7.07. The Hall–Kier alpha value is -1.55. The number of nitrogens with zero attached hydrogens (tertiary/aromatic N) is 3. The second kappa shape index (κ2) is 4.75. The number of piperazine rings is 1. The summed E-state index contributed by atoms with van der Waals surface area (Å²) in [7, 11) is 0. The number of rotatable bonds is 2. The SMILES string of the molecule is c1ccc(N2CCN(c3cscn3)CC2)cc1. The average Bonchev–Trinajstić information content (AvgIpc) is 2.94. The van der Waals surface area contributed by atoms with Crippen LogP contribution >= 0.6 is 11.3 Å². The summed E-state index contributed by atoms with van der Waals surface area (Å²) in [5.41, 5.74) is 3.23. The zero-order valence-corrected chi connectivity index (χ0v) is 10.4. The molecule has 0 radical (unpaired) electrons. The maximum Gasteiger partial charge on any atom is 0.139 e. The summed E-state index contributed by atoms with van der Waals surface area (Å²) >= 11 is 1.66. The van der Waals surface area contributed by atoms with Crippen LogP contribution in [0.3, 0.4) is 0 Å². The Bertz CT molecular complexity index is 447. The molecule has 3 nitrogen and oxygen atoms in total. The highest BCUT2D eigenvalue weighted by Gasteiger charge is 2.17. The Balaban J connectivity index is 1.65. The number of hydrogen-bond acceptors (Lipinski definition) is 4. The molecule has 0 atom stereocenters. The van der Waals surface area contributed by atoms with Crippen LogP contribution in [0.4, 0.5) is 11.5 Å². The first-order valence-electron chi connectivity index (χ1n) is 5.86. The van der Waals surface area contributed by atoms with Gasteiger partial charge in [0, 0.05) is 37.2 Å². The van der Waals surface area contributed by atoms with Gasteiger partial charge in [-0.1, -0.05) is 18.2 Å². The molecule has 1 aromatic heterocycles. The van der Waals surface area contributed by atoms with E-state index in [2.05, 4.69) is 50.5 Å². The van der Waals surface area contributed by atoms with Crippen molar-refractivity contribution in [3.05, 3.63) is 41.2 Å². The highest BCUT2D eigenvalue weighted by atomic mass is 32.1. The quantitative estimate of drug-likeness (QED) is 0.810. The molecule has 2 heterocycles. The molecule has 1 fully saturated rings. The molecule has 4 heteroatoms. The molecule has 2 aromatic rings.